The summed E-state index contributed by atoms with van der Waals surface area (Å²) in [7, 11) is 1.59. The number of anilines is 1. The molecule has 0 bridgehead atoms. The van der Waals surface area contributed by atoms with E-state index in [0.29, 0.717) is 17.9 Å². The van der Waals surface area contributed by atoms with Crippen LogP contribution in [-0.4, -0.2) is 17.2 Å². The van der Waals surface area contributed by atoms with E-state index in [1.807, 2.05) is 18.2 Å². The van der Waals surface area contributed by atoms with Crippen LogP contribution < -0.4 is 15.6 Å². The number of phenols is 1. The Morgan fingerprint density at radius 1 is 1.14 bits per heavy atom. The second-order valence-corrected chi connectivity index (χ2v) is 4.98. The normalized spacial score (nSPS) is 10.6. The van der Waals surface area contributed by atoms with Crippen LogP contribution in [-0.2, 0) is 6.54 Å². The molecule has 1 heterocycles. The van der Waals surface area contributed by atoms with E-state index in [0.717, 1.165) is 16.6 Å². The van der Waals surface area contributed by atoms with Gasteiger partial charge in [-0.25, -0.2) is 0 Å². The van der Waals surface area contributed by atoms with Crippen LogP contribution in [0.4, 0.5) is 5.69 Å². The number of aromatic nitrogens is 1. The molecule has 5 heteroatoms. The van der Waals surface area contributed by atoms with Gasteiger partial charge in [0, 0.05) is 23.9 Å². The van der Waals surface area contributed by atoms with Gasteiger partial charge in [0.25, 0.3) is 5.56 Å². The summed E-state index contributed by atoms with van der Waals surface area (Å²) in [6.45, 7) is 0.405. The summed E-state index contributed by atoms with van der Waals surface area (Å²) in [5.74, 6) is 0.918. The lowest BCUT2D eigenvalue weighted by Crippen LogP contribution is -2.15. The number of pyridine rings is 1. The number of hydrogen-bond donors (Lipinski definition) is 3. The highest BCUT2D eigenvalue weighted by Crippen LogP contribution is 2.19. The topological polar surface area (TPSA) is 74.3 Å². The molecule has 0 amide bonds. The number of fused-ring (bicyclic) bond motifs is 1. The maximum atomic E-state index is 12.1. The Hall–Kier alpha value is -2.95. The summed E-state index contributed by atoms with van der Waals surface area (Å²) in [6.07, 6.45) is 0. The second kappa shape index (κ2) is 5.81. The van der Waals surface area contributed by atoms with Gasteiger partial charge in [0.05, 0.1) is 12.6 Å². The molecule has 0 aliphatic heterocycles. The van der Waals surface area contributed by atoms with Gasteiger partial charge in [-0.3, -0.25) is 4.79 Å². The van der Waals surface area contributed by atoms with Crippen LogP contribution in [0.2, 0.25) is 0 Å². The highest BCUT2D eigenvalue weighted by Gasteiger charge is 2.04. The number of nitrogens with one attached hydrogen (secondary N) is 2. The van der Waals surface area contributed by atoms with Gasteiger partial charge in [-0.05, 0) is 47.9 Å². The molecule has 0 spiro atoms. The zero-order valence-corrected chi connectivity index (χ0v) is 12.1. The Kier molecular flexibility index (Phi) is 3.70. The average molecular weight is 296 g/mol. The maximum absolute atomic E-state index is 12.1. The number of aromatic hydroxyl groups is 1. The summed E-state index contributed by atoms with van der Waals surface area (Å²) in [5.41, 5.74) is 2.10. The van der Waals surface area contributed by atoms with Crippen molar-refractivity contribution in [3.8, 4) is 11.5 Å². The molecule has 0 unspecified atom stereocenters. The summed E-state index contributed by atoms with van der Waals surface area (Å²) in [4.78, 5) is 15.0. The van der Waals surface area contributed by atoms with E-state index in [2.05, 4.69) is 10.3 Å². The van der Waals surface area contributed by atoms with Crippen molar-refractivity contribution in [3.05, 3.63) is 64.4 Å². The first-order valence-electron chi connectivity index (χ1n) is 6.88. The summed E-state index contributed by atoms with van der Waals surface area (Å²) >= 11 is 0. The minimum atomic E-state index is -0.132. The molecule has 0 fully saturated rings. The van der Waals surface area contributed by atoms with Crippen LogP contribution >= 0.6 is 0 Å². The van der Waals surface area contributed by atoms with Crippen molar-refractivity contribution in [2.24, 2.45) is 0 Å². The quantitative estimate of drug-likeness (QED) is 0.647. The van der Waals surface area contributed by atoms with Crippen molar-refractivity contribution in [2.75, 3.05) is 12.4 Å². The van der Waals surface area contributed by atoms with Crippen molar-refractivity contribution in [1.29, 1.82) is 0 Å². The number of hydrogen-bond acceptors (Lipinski definition) is 4. The molecule has 112 valence electrons. The molecule has 0 saturated heterocycles. The van der Waals surface area contributed by atoms with Crippen molar-refractivity contribution in [2.45, 2.75) is 6.54 Å². The smallest absolute Gasteiger partial charge is 0.253 e. The molecule has 3 aromatic rings. The molecule has 5 nitrogen and oxygen atoms in total. The molecular formula is C17H16N2O3. The minimum Gasteiger partial charge on any atom is -0.508 e. The van der Waals surface area contributed by atoms with Gasteiger partial charge in [0.1, 0.15) is 11.5 Å². The van der Waals surface area contributed by atoms with E-state index in [1.54, 1.807) is 37.4 Å². The summed E-state index contributed by atoms with van der Waals surface area (Å²) in [6, 6.07) is 14.1. The largest absolute Gasteiger partial charge is 0.508 e. The molecule has 0 aliphatic rings. The maximum Gasteiger partial charge on any atom is 0.253 e. The minimum absolute atomic E-state index is 0.132. The zero-order valence-electron chi connectivity index (χ0n) is 12.1. The monoisotopic (exact) mass is 296 g/mol. The fourth-order valence-electron chi connectivity index (χ4n) is 2.26. The van der Waals surface area contributed by atoms with E-state index in [-0.39, 0.29) is 11.3 Å². The van der Waals surface area contributed by atoms with Gasteiger partial charge in [-0.2, -0.15) is 0 Å². The Bertz CT molecular complexity index is 854. The van der Waals surface area contributed by atoms with E-state index in [9.17, 15) is 9.90 Å². The van der Waals surface area contributed by atoms with E-state index < -0.39 is 0 Å². The van der Waals surface area contributed by atoms with Crippen LogP contribution in [0.25, 0.3) is 10.9 Å². The third kappa shape index (κ3) is 2.88. The van der Waals surface area contributed by atoms with Gasteiger partial charge < -0.3 is 20.1 Å². The molecule has 3 N–H and O–H groups in total. The predicted molar refractivity (Wildman–Crippen MR) is 86.6 cm³/mol. The molecule has 0 radical (unpaired) electrons. The molecule has 0 saturated carbocycles. The number of rotatable bonds is 4. The third-order valence-electron chi connectivity index (χ3n) is 3.48. The van der Waals surface area contributed by atoms with Gasteiger partial charge in [-0.1, -0.05) is 0 Å². The predicted octanol–water partition coefficient (Wildman–Crippen LogP) is 2.85. The lowest BCUT2D eigenvalue weighted by Gasteiger charge is -2.08. The third-order valence-corrected chi connectivity index (χ3v) is 3.48. The fourth-order valence-corrected chi connectivity index (χ4v) is 2.26. The van der Waals surface area contributed by atoms with Crippen molar-refractivity contribution in [3.63, 3.8) is 0 Å². The lowest BCUT2D eigenvalue weighted by atomic mass is 10.1. The molecule has 2 aromatic carbocycles. The summed E-state index contributed by atoms with van der Waals surface area (Å²) < 4.78 is 5.15. The van der Waals surface area contributed by atoms with Gasteiger partial charge in [0.15, 0.2) is 0 Å². The van der Waals surface area contributed by atoms with Crippen molar-refractivity contribution < 1.29 is 9.84 Å². The average Bonchev–Trinajstić information content (AvgIpc) is 2.54. The van der Waals surface area contributed by atoms with E-state index in [1.165, 1.54) is 0 Å². The molecule has 3 rings (SSSR count). The van der Waals surface area contributed by atoms with Crippen molar-refractivity contribution >= 4 is 16.6 Å². The molecule has 0 atom stereocenters. The van der Waals surface area contributed by atoms with Gasteiger partial charge in [-0.15, -0.1) is 0 Å². The second-order valence-electron chi connectivity index (χ2n) is 4.98. The SMILES string of the molecule is COc1ccc2cc(CNc3ccc(O)cc3)c(=O)[nH]c2c1. The van der Waals surface area contributed by atoms with Crippen LogP contribution in [0, 0.1) is 0 Å². The first-order valence-corrected chi connectivity index (χ1v) is 6.88. The molecular weight excluding hydrogens is 280 g/mol. The highest BCUT2D eigenvalue weighted by molar-refractivity contribution is 5.80. The number of methoxy groups -OCH3 is 1. The van der Waals surface area contributed by atoms with Crippen LogP contribution in [0.1, 0.15) is 5.56 Å². The first kappa shape index (κ1) is 14.0. The standard InChI is InChI=1S/C17H16N2O3/c1-22-15-7-2-11-8-12(17(21)19-16(11)9-15)10-18-13-3-5-14(20)6-4-13/h2-9,18,20H,10H2,1H3,(H,19,21). The number of phenolic OH excluding ortho intramolecular Hbond substituents is 1. The Labute approximate surface area is 127 Å². The number of benzene rings is 2. The number of aromatic amines is 1. The first-order chi connectivity index (χ1) is 10.7. The van der Waals surface area contributed by atoms with Crippen LogP contribution in [0.15, 0.2) is 53.3 Å². The lowest BCUT2D eigenvalue weighted by molar-refractivity contribution is 0.415. The number of ether oxygens (including phenoxy) is 1. The van der Waals surface area contributed by atoms with Gasteiger partial charge in [0.2, 0.25) is 0 Å². The van der Waals surface area contributed by atoms with Gasteiger partial charge >= 0.3 is 0 Å². The van der Waals surface area contributed by atoms with Crippen molar-refractivity contribution in [1.82, 2.24) is 4.98 Å². The fraction of sp³-hybridized carbons (Fsp3) is 0.118. The molecule has 1 aromatic heterocycles. The molecule has 0 aliphatic carbocycles. The Balaban J connectivity index is 1.86. The van der Waals surface area contributed by atoms with E-state index >= 15 is 0 Å². The van der Waals surface area contributed by atoms with E-state index in [4.69, 9.17) is 4.74 Å². The highest BCUT2D eigenvalue weighted by atomic mass is 16.5. The van der Waals surface area contributed by atoms with Crippen LogP contribution in [0.3, 0.4) is 0 Å². The zero-order chi connectivity index (χ0) is 15.5. The summed E-state index contributed by atoms with van der Waals surface area (Å²) in [5, 5.41) is 13.4. The van der Waals surface area contributed by atoms with Crippen LogP contribution in [0.5, 0.6) is 11.5 Å². The molecule has 22 heavy (non-hydrogen) atoms. The Morgan fingerprint density at radius 2 is 1.91 bits per heavy atom. The number of H-pyrrole nitrogens is 1. The Morgan fingerprint density at radius 3 is 2.64 bits per heavy atom.